The first-order valence-electron chi connectivity index (χ1n) is 10.9. The minimum atomic E-state index is 0.00862. The number of aliphatic imine (C=N–C) groups is 1. The van der Waals surface area contributed by atoms with Crippen molar-refractivity contribution in [2.45, 2.75) is 52.2 Å². The van der Waals surface area contributed by atoms with Crippen LogP contribution in [0.15, 0.2) is 28.0 Å². The van der Waals surface area contributed by atoms with E-state index in [4.69, 9.17) is 14.5 Å². The minimum absolute atomic E-state index is 0.00862. The van der Waals surface area contributed by atoms with Crippen LogP contribution in [0, 0.1) is 0 Å². The summed E-state index contributed by atoms with van der Waals surface area (Å²) >= 11 is 0. The van der Waals surface area contributed by atoms with Gasteiger partial charge in [-0.3, -0.25) is 9.56 Å². The maximum absolute atomic E-state index is 12.4. The maximum Gasteiger partial charge on any atom is 0.345 e. The van der Waals surface area contributed by atoms with E-state index in [0.717, 1.165) is 67.6 Å². The van der Waals surface area contributed by atoms with Crippen LogP contribution < -0.4 is 20.5 Å². The van der Waals surface area contributed by atoms with E-state index < -0.39 is 0 Å². The van der Waals surface area contributed by atoms with Crippen molar-refractivity contribution in [2.75, 3.05) is 34.4 Å². The Labute approximate surface area is 183 Å². The molecule has 0 saturated heterocycles. The van der Waals surface area contributed by atoms with Crippen molar-refractivity contribution in [3.05, 3.63) is 40.1 Å². The Morgan fingerprint density at radius 1 is 1.29 bits per heavy atom. The molecule has 1 aromatic carbocycles. The Kier molecular flexibility index (Phi) is 7.97. The number of nitrogens with zero attached hydrogens (tertiary/aromatic N) is 5. The lowest BCUT2D eigenvalue weighted by Crippen LogP contribution is -2.38. The van der Waals surface area contributed by atoms with Crippen molar-refractivity contribution in [1.29, 1.82) is 0 Å². The molecule has 1 aliphatic heterocycles. The number of ether oxygens (including phenoxy) is 2. The van der Waals surface area contributed by atoms with Gasteiger partial charge in [0.05, 0.1) is 14.2 Å². The van der Waals surface area contributed by atoms with Crippen LogP contribution in [0.25, 0.3) is 0 Å². The molecule has 9 heteroatoms. The van der Waals surface area contributed by atoms with Crippen molar-refractivity contribution in [3.63, 3.8) is 0 Å². The molecule has 2 aromatic rings. The summed E-state index contributed by atoms with van der Waals surface area (Å²) in [6.45, 7) is 5.45. The Balaban J connectivity index is 1.61. The van der Waals surface area contributed by atoms with Gasteiger partial charge in [-0.15, -0.1) is 0 Å². The molecule has 3 rings (SSSR count). The molecule has 1 aliphatic rings. The van der Waals surface area contributed by atoms with Crippen LogP contribution in [0.2, 0.25) is 0 Å². The number of hydrogen-bond donors (Lipinski definition) is 1. The highest BCUT2D eigenvalue weighted by Crippen LogP contribution is 2.25. The second kappa shape index (κ2) is 10.9. The largest absolute Gasteiger partial charge is 0.497 e. The first kappa shape index (κ1) is 22.7. The van der Waals surface area contributed by atoms with E-state index in [1.54, 1.807) is 18.9 Å². The standard InChI is InChI=1S/C22H34N6O3/c1-5-23-21(26(2)16-17-10-11-18(30-3)15-19(17)31-4)24-12-8-14-28-22(29)27-13-7-6-9-20(27)25-28/h10-11,15H,5-9,12-14,16H2,1-4H3,(H,23,24). The third-order valence-corrected chi connectivity index (χ3v) is 5.42. The number of methoxy groups -OCH3 is 2. The fourth-order valence-corrected chi connectivity index (χ4v) is 3.78. The van der Waals surface area contributed by atoms with Crippen LogP contribution >= 0.6 is 0 Å². The van der Waals surface area contributed by atoms with Gasteiger partial charge in [0.25, 0.3) is 0 Å². The number of fused-ring (bicyclic) bond motifs is 1. The van der Waals surface area contributed by atoms with Crippen LogP contribution in [0.1, 0.15) is 37.6 Å². The van der Waals surface area contributed by atoms with Crippen LogP contribution in [0.5, 0.6) is 11.5 Å². The zero-order valence-corrected chi connectivity index (χ0v) is 19.1. The van der Waals surface area contributed by atoms with E-state index in [1.807, 2.05) is 36.7 Å². The quantitative estimate of drug-likeness (QED) is 0.371. The zero-order valence-electron chi connectivity index (χ0n) is 19.1. The van der Waals surface area contributed by atoms with Gasteiger partial charge in [-0.1, -0.05) is 0 Å². The Morgan fingerprint density at radius 2 is 2.13 bits per heavy atom. The van der Waals surface area contributed by atoms with E-state index in [2.05, 4.69) is 15.3 Å². The molecule has 0 atom stereocenters. The van der Waals surface area contributed by atoms with Gasteiger partial charge in [-0.25, -0.2) is 9.48 Å². The van der Waals surface area contributed by atoms with Gasteiger partial charge < -0.3 is 19.7 Å². The summed E-state index contributed by atoms with van der Waals surface area (Å²) in [5.74, 6) is 3.28. The van der Waals surface area contributed by atoms with Gasteiger partial charge in [-0.05, 0) is 38.3 Å². The second-order valence-electron chi connectivity index (χ2n) is 7.65. The van der Waals surface area contributed by atoms with Crippen molar-refractivity contribution >= 4 is 5.96 Å². The molecule has 0 bridgehead atoms. The lowest BCUT2D eigenvalue weighted by atomic mass is 10.2. The predicted molar refractivity (Wildman–Crippen MR) is 121 cm³/mol. The Bertz CT molecular complexity index is 949. The van der Waals surface area contributed by atoms with Crippen molar-refractivity contribution in [1.82, 2.24) is 24.6 Å². The smallest absolute Gasteiger partial charge is 0.345 e. The van der Waals surface area contributed by atoms with Crippen LogP contribution in [0.4, 0.5) is 0 Å². The summed E-state index contributed by atoms with van der Waals surface area (Å²) in [6.07, 6.45) is 3.81. The highest BCUT2D eigenvalue weighted by Gasteiger charge is 2.16. The van der Waals surface area contributed by atoms with Gasteiger partial charge in [-0.2, -0.15) is 5.10 Å². The monoisotopic (exact) mass is 430 g/mol. The molecular formula is C22H34N6O3. The number of rotatable bonds is 9. The van der Waals surface area contributed by atoms with Gasteiger partial charge in [0, 0.05) is 57.8 Å². The van der Waals surface area contributed by atoms with E-state index in [-0.39, 0.29) is 5.69 Å². The molecule has 170 valence electrons. The van der Waals surface area contributed by atoms with Crippen molar-refractivity contribution in [2.24, 2.45) is 4.99 Å². The molecule has 1 aromatic heterocycles. The van der Waals surface area contributed by atoms with Gasteiger partial charge >= 0.3 is 5.69 Å². The van der Waals surface area contributed by atoms with Gasteiger partial charge in [0.2, 0.25) is 0 Å². The third kappa shape index (κ3) is 5.59. The normalized spacial score (nSPS) is 13.6. The first-order valence-corrected chi connectivity index (χ1v) is 10.9. The van der Waals surface area contributed by atoms with E-state index in [1.165, 1.54) is 0 Å². The van der Waals surface area contributed by atoms with Crippen LogP contribution in [-0.4, -0.2) is 59.6 Å². The van der Waals surface area contributed by atoms with Crippen LogP contribution in [-0.2, 0) is 26.1 Å². The van der Waals surface area contributed by atoms with E-state index >= 15 is 0 Å². The van der Waals surface area contributed by atoms with E-state index in [0.29, 0.717) is 19.6 Å². The molecule has 0 amide bonds. The summed E-state index contributed by atoms with van der Waals surface area (Å²) in [5, 5.41) is 7.83. The zero-order chi connectivity index (χ0) is 22.2. The first-order chi connectivity index (χ1) is 15.1. The third-order valence-electron chi connectivity index (χ3n) is 5.42. The molecule has 31 heavy (non-hydrogen) atoms. The number of aryl methyl sites for hydroxylation is 2. The highest BCUT2D eigenvalue weighted by atomic mass is 16.5. The molecule has 0 fully saturated rings. The lowest BCUT2D eigenvalue weighted by molar-refractivity contribution is 0.382. The molecule has 0 saturated carbocycles. The van der Waals surface area contributed by atoms with Crippen LogP contribution in [0.3, 0.4) is 0 Å². The fourth-order valence-electron chi connectivity index (χ4n) is 3.78. The summed E-state index contributed by atoms with van der Waals surface area (Å²) in [6, 6.07) is 5.82. The highest BCUT2D eigenvalue weighted by molar-refractivity contribution is 5.79. The molecule has 0 spiro atoms. The summed E-state index contributed by atoms with van der Waals surface area (Å²) in [4.78, 5) is 19.3. The fraction of sp³-hybridized carbons (Fsp3) is 0.591. The molecule has 2 heterocycles. The summed E-state index contributed by atoms with van der Waals surface area (Å²) in [5.41, 5.74) is 1.06. The predicted octanol–water partition coefficient (Wildman–Crippen LogP) is 1.89. The summed E-state index contributed by atoms with van der Waals surface area (Å²) in [7, 11) is 5.30. The molecule has 0 radical (unpaired) electrons. The Hall–Kier alpha value is -2.97. The average molecular weight is 431 g/mol. The SMILES string of the molecule is CCNC(=NCCCn1nc2n(c1=O)CCCC2)N(C)Cc1ccc(OC)cc1OC. The lowest BCUT2D eigenvalue weighted by Gasteiger charge is -2.23. The van der Waals surface area contributed by atoms with Crippen molar-refractivity contribution < 1.29 is 9.47 Å². The molecular weight excluding hydrogens is 396 g/mol. The average Bonchev–Trinajstić information content (AvgIpc) is 3.11. The number of guanidine groups is 1. The molecule has 0 unspecified atom stereocenters. The molecule has 1 N–H and O–H groups in total. The maximum atomic E-state index is 12.4. The molecule has 9 nitrogen and oxygen atoms in total. The minimum Gasteiger partial charge on any atom is -0.497 e. The molecule has 0 aliphatic carbocycles. The van der Waals surface area contributed by atoms with Gasteiger partial charge in [0.15, 0.2) is 5.96 Å². The summed E-state index contributed by atoms with van der Waals surface area (Å²) < 4.78 is 14.2. The number of aromatic nitrogens is 3. The van der Waals surface area contributed by atoms with E-state index in [9.17, 15) is 4.79 Å². The number of benzene rings is 1. The topological polar surface area (TPSA) is 85.9 Å². The van der Waals surface area contributed by atoms with Gasteiger partial charge in [0.1, 0.15) is 17.3 Å². The second-order valence-corrected chi connectivity index (χ2v) is 7.65. The number of hydrogen-bond acceptors (Lipinski definition) is 5. The van der Waals surface area contributed by atoms with Crippen molar-refractivity contribution in [3.8, 4) is 11.5 Å². The Morgan fingerprint density at radius 3 is 2.84 bits per heavy atom. The number of nitrogens with one attached hydrogen (secondary N) is 1.